The Morgan fingerprint density at radius 1 is 1.18 bits per heavy atom. The molecular formula is C20H17FN2O5. The van der Waals surface area contributed by atoms with Gasteiger partial charge in [-0.15, -0.1) is 0 Å². The van der Waals surface area contributed by atoms with E-state index in [9.17, 15) is 9.18 Å². The molecule has 0 atom stereocenters. The number of carbonyl (C=O) groups excluding carboxylic acids is 1. The largest absolute Gasteiger partial charge is 0.489 e. The first-order chi connectivity index (χ1) is 13.6. The third kappa shape index (κ3) is 3.75. The molecule has 1 aromatic heterocycles. The number of benzene rings is 2. The van der Waals surface area contributed by atoms with E-state index in [0.717, 1.165) is 0 Å². The Labute approximate surface area is 160 Å². The van der Waals surface area contributed by atoms with E-state index in [-0.39, 0.29) is 12.3 Å². The van der Waals surface area contributed by atoms with E-state index < -0.39 is 11.7 Å². The average Bonchev–Trinajstić information content (AvgIpc) is 3.07. The van der Waals surface area contributed by atoms with Gasteiger partial charge in [0.25, 0.3) is 5.91 Å². The van der Waals surface area contributed by atoms with Crippen molar-refractivity contribution in [3.63, 3.8) is 0 Å². The van der Waals surface area contributed by atoms with Crippen LogP contribution in [0.4, 0.5) is 10.1 Å². The summed E-state index contributed by atoms with van der Waals surface area (Å²) in [5, 5.41) is 6.59. The molecule has 4 rings (SSSR count). The van der Waals surface area contributed by atoms with Crippen LogP contribution in [0.2, 0.25) is 0 Å². The zero-order chi connectivity index (χ0) is 19.5. The van der Waals surface area contributed by atoms with Crippen LogP contribution in [0.15, 0.2) is 47.0 Å². The zero-order valence-corrected chi connectivity index (χ0v) is 15.0. The summed E-state index contributed by atoms with van der Waals surface area (Å²) >= 11 is 0. The van der Waals surface area contributed by atoms with Crippen LogP contribution in [-0.4, -0.2) is 24.3 Å². The SMILES string of the molecule is Cc1onc(C(=O)Nc2ccc3c(c2)OCCO3)c1COc1cccc(F)c1. The number of amides is 1. The predicted octanol–water partition coefficient (Wildman–Crippen LogP) is 3.72. The van der Waals surface area contributed by atoms with Gasteiger partial charge in [0.15, 0.2) is 17.2 Å². The number of halogens is 1. The van der Waals surface area contributed by atoms with E-state index in [4.69, 9.17) is 18.7 Å². The monoisotopic (exact) mass is 384 g/mol. The van der Waals surface area contributed by atoms with Crippen molar-refractivity contribution in [3.05, 3.63) is 65.3 Å². The molecule has 1 aliphatic heterocycles. The molecule has 0 saturated heterocycles. The molecule has 8 heteroatoms. The van der Waals surface area contributed by atoms with Crippen molar-refractivity contribution in [2.45, 2.75) is 13.5 Å². The minimum atomic E-state index is -0.452. The van der Waals surface area contributed by atoms with Crippen molar-refractivity contribution < 1.29 is 27.9 Å². The second-order valence-corrected chi connectivity index (χ2v) is 6.12. The van der Waals surface area contributed by atoms with Crippen molar-refractivity contribution in [1.82, 2.24) is 5.16 Å². The minimum Gasteiger partial charge on any atom is -0.489 e. The molecule has 1 N–H and O–H groups in total. The average molecular weight is 384 g/mol. The van der Waals surface area contributed by atoms with Gasteiger partial charge in [-0.25, -0.2) is 4.39 Å². The molecule has 0 aliphatic carbocycles. The first-order valence-corrected chi connectivity index (χ1v) is 8.64. The van der Waals surface area contributed by atoms with E-state index in [1.807, 2.05) is 0 Å². The first kappa shape index (κ1) is 17.8. The Morgan fingerprint density at radius 2 is 2.00 bits per heavy atom. The van der Waals surface area contributed by atoms with Gasteiger partial charge in [-0.1, -0.05) is 11.2 Å². The fourth-order valence-corrected chi connectivity index (χ4v) is 2.76. The molecule has 144 valence electrons. The lowest BCUT2D eigenvalue weighted by molar-refractivity contribution is 0.101. The molecule has 0 fully saturated rings. The molecule has 0 unspecified atom stereocenters. The molecule has 1 amide bonds. The fraction of sp³-hybridized carbons (Fsp3) is 0.200. The van der Waals surface area contributed by atoms with Crippen molar-refractivity contribution in [2.24, 2.45) is 0 Å². The van der Waals surface area contributed by atoms with Gasteiger partial charge in [0.05, 0.1) is 5.56 Å². The molecule has 0 radical (unpaired) electrons. The Kier molecular flexibility index (Phi) is 4.84. The number of fused-ring (bicyclic) bond motifs is 1. The van der Waals surface area contributed by atoms with Crippen molar-refractivity contribution in [1.29, 1.82) is 0 Å². The van der Waals surface area contributed by atoms with E-state index in [1.54, 1.807) is 37.3 Å². The van der Waals surface area contributed by atoms with Crippen LogP contribution >= 0.6 is 0 Å². The Hall–Kier alpha value is -3.55. The Bertz CT molecular complexity index is 1020. The number of ether oxygens (including phenoxy) is 3. The summed E-state index contributed by atoms with van der Waals surface area (Å²) in [5.41, 5.74) is 1.12. The van der Waals surface area contributed by atoms with E-state index in [2.05, 4.69) is 10.5 Å². The second-order valence-electron chi connectivity index (χ2n) is 6.12. The van der Waals surface area contributed by atoms with Crippen LogP contribution < -0.4 is 19.5 Å². The third-order valence-electron chi connectivity index (χ3n) is 4.18. The number of nitrogens with zero attached hydrogens (tertiary/aromatic N) is 1. The quantitative estimate of drug-likeness (QED) is 0.722. The van der Waals surface area contributed by atoms with Crippen LogP contribution in [0.25, 0.3) is 0 Å². The Morgan fingerprint density at radius 3 is 2.82 bits per heavy atom. The molecule has 1 aliphatic rings. The van der Waals surface area contributed by atoms with Crippen LogP contribution in [0.3, 0.4) is 0 Å². The highest BCUT2D eigenvalue weighted by molar-refractivity contribution is 6.04. The smallest absolute Gasteiger partial charge is 0.278 e. The van der Waals surface area contributed by atoms with Crippen LogP contribution in [-0.2, 0) is 6.61 Å². The lowest BCUT2D eigenvalue weighted by atomic mass is 10.2. The number of aryl methyl sites for hydroxylation is 1. The van der Waals surface area contributed by atoms with Crippen molar-refractivity contribution in [2.75, 3.05) is 18.5 Å². The van der Waals surface area contributed by atoms with E-state index in [0.29, 0.717) is 47.5 Å². The minimum absolute atomic E-state index is 0.0165. The lowest BCUT2D eigenvalue weighted by Gasteiger charge is -2.18. The number of nitrogens with one attached hydrogen (secondary N) is 1. The third-order valence-corrected chi connectivity index (χ3v) is 4.18. The summed E-state index contributed by atoms with van der Waals surface area (Å²) in [5.74, 6) is 1.13. The normalized spacial score (nSPS) is 12.5. The molecule has 2 heterocycles. The highest BCUT2D eigenvalue weighted by atomic mass is 19.1. The summed E-state index contributed by atoms with van der Waals surface area (Å²) in [6.07, 6.45) is 0. The topological polar surface area (TPSA) is 82.8 Å². The summed E-state index contributed by atoms with van der Waals surface area (Å²) < 4.78 is 35.0. The summed E-state index contributed by atoms with van der Waals surface area (Å²) in [4.78, 5) is 12.7. The number of rotatable bonds is 5. The summed E-state index contributed by atoms with van der Waals surface area (Å²) in [7, 11) is 0. The van der Waals surface area contributed by atoms with Crippen molar-refractivity contribution in [3.8, 4) is 17.2 Å². The number of hydrogen-bond acceptors (Lipinski definition) is 6. The fourth-order valence-electron chi connectivity index (χ4n) is 2.76. The molecule has 3 aromatic rings. The Balaban J connectivity index is 1.49. The number of anilines is 1. The predicted molar refractivity (Wildman–Crippen MR) is 97.4 cm³/mol. The second kappa shape index (κ2) is 7.59. The highest BCUT2D eigenvalue weighted by Gasteiger charge is 2.21. The molecule has 0 saturated carbocycles. The van der Waals surface area contributed by atoms with Gasteiger partial charge in [-0.05, 0) is 31.2 Å². The maximum absolute atomic E-state index is 13.3. The molecule has 7 nitrogen and oxygen atoms in total. The number of carbonyl (C=O) groups is 1. The van der Waals surface area contributed by atoms with Crippen LogP contribution in [0, 0.1) is 12.7 Å². The van der Waals surface area contributed by atoms with Crippen molar-refractivity contribution >= 4 is 11.6 Å². The van der Waals surface area contributed by atoms with Gasteiger partial charge < -0.3 is 24.1 Å². The highest BCUT2D eigenvalue weighted by Crippen LogP contribution is 2.32. The zero-order valence-electron chi connectivity index (χ0n) is 15.0. The maximum Gasteiger partial charge on any atom is 0.278 e. The van der Waals surface area contributed by atoms with Gasteiger partial charge in [0.1, 0.15) is 37.1 Å². The van der Waals surface area contributed by atoms with E-state index >= 15 is 0 Å². The summed E-state index contributed by atoms with van der Waals surface area (Å²) in [6, 6.07) is 10.9. The number of hydrogen-bond donors (Lipinski definition) is 1. The number of aromatic nitrogens is 1. The first-order valence-electron chi connectivity index (χ1n) is 8.64. The van der Waals surface area contributed by atoms with Crippen LogP contribution in [0.5, 0.6) is 17.2 Å². The molecule has 28 heavy (non-hydrogen) atoms. The maximum atomic E-state index is 13.3. The van der Waals surface area contributed by atoms with Gasteiger partial charge in [-0.2, -0.15) is 0 Å². The molecular weight excluding hydrogens is 367 g/mol. The van der Waals surface area contributed by atoms with Gasteiger partial charge in [0, 0.05) is 17.8 Å². The van der Waals surface area contributed by atoms with Crippen LogP contribution in [0.1, 0.15) is 21.8 Å². The van der Waals surface area contributed by atoms with Gasteiger partial charge in [0.2, 0.25) is 0 Å². The van der Waals surface area contributed by atoms with E-state index in [1.165, 1.54) is 12.1 Å². The lowest BCUT2D eigenvalue weighted by Crippen LogP contribution is -2.17. The van der Waals surface area contributed by atoms with Gasteiger partial charge >= 0.3 is 0 Å². The molecule has 0 spiro atoms. The summed E-state index contributed by atoms with van der Waals surface area (Å²) in [6.45, 7) is 2.64. The molecule has 0 bridgehead atoms. The van der Waals surface area contributed by atoms with Gasteiger partial charge in [-0.3, -0.25) is 4.79 Å². The molecule has 2 aromatic carbocycles. The standard InChI is InChI=1S/C20H17FN2O5/c1-12-16(11-27-15-4-2-3-13(21)9-15)19(23-28-12)20(24)22-14-5-6-17-18(10-14)26-8-7-25-17/h2-6,9-10H,7-8,11H2,1H3,(H,22,24).